The van der Waals surface area contributed by atoms with Crippen molar-refractivity contribution in [3.63, 3.8) is 0 Å². The maximum Gasteiger partial charge on any atom is 0.345 e. The van der Waals surface area contributed by atoms with Gasteiger partial charge in [-0.15, -0.1) is 0 Å². The maximum atomic E-state index is 13.5. The number of aromatic hydroxyl groups is 1. The highest BCUT2D eigenvalue weighted by Gasteiger charge is 2.24. The molecule has 0 heterocycles. The molecule has 0 fully saturated rings. The van der Waals surface area contributed by atoms with E-state index in [0.29, 0.717) is 0 Å². The van der Waals surface area contributed by atoms with Crippen LogP contribution in [0.2, 0.25) is 5.02 Å². The van der Waals surface area contributed by atoms with Crippen molar-refractivity contribution < 1.29 is 23.8 Å². The van der Waals surface area contributed by atoms with Gasteiger partial charge in [0.25, 0.3) is 0 Å². The summed E-state index contributed by atoms with van der Waals surface area (Å²) in [6, 6.07) is 2.25. The van der Waals surface area contributed by atoms with Crippen LogP contribution in [0.1, 0.15) is 11.7 Å². The summed E-state index contributed by atoms with van der Waals surface area (Å²) < 4.78 is 22.5. The lowest BCUT2D eigenvalue weighted by molar-refractivity contribution is -0.146. The molecule has 0 aliphatic heterocycles. The van der Waals surface area contributed by atoms with E-state index in [2.05, 4.69) is 4.74 Å². The summed E-state index contributed by atoms with van der Waals surface area (Å²) in [6.07, 6.45) is -2.03. The first-order chi connectivity index (χ1) is 7.51. The van der Waals surface area contributed by atoms with Crippen LogP contribution < -0.4 is 4.74 Å². The standard InChI is InChI=1S/C10H10ClFO4/c1-15-8-4-6(11)5(3-7(8)13)9(12)10(14)16-2/h3-4,9,13H,1-2H3. The van der Waals surface area contributed by atoms with Crippen LogP contribution in [0.5, 0.6) is 11.5 Å². The van der Waals surface area contributed by atoms with E-state index >= 15 is 0 Å². The fourth-order valence-electron chi connectivity index (χ4n) is 1.15. The highest BCUT2D eigenvalue weighted by molar-refractivity contribution is 6.31. The number of esters is 1. The van der Waals surface area contributed by atoms with Crippen LogP contribution in [-0.2, 0) is 9.53 Å². The highest BCUT2D eigenvalue weighted by Crippen LogP contribution is 2.36. The number of phenols is 1. The van der Waals surface area contributed by atoms with Crippen LogP contribution in [0, 0.1) is 0 Å². The normalized spacial score (nSPS) is 12.0. The van der Waals surface area contributed by atoms with E-state index in [9.17, 15) is 14.3 Å². The Labute approximate surface area is 96.5 Å². The molecule has 88 valence electrons. The van der Waals surface area contributed by atoms with Gasteiger partial charge in [-0.3, -0.25) is 0 Å². The second-order valence-corrected chi connectivity index (χ2v) is 3.34. The van der Waals surface area contributed by atoms with Crippen LogP contribution >= 0.6 is 11.6 Å². The number of rotatable bonds is 3. The van der Waals surface area contributed by atoms with Crippen LogP contribution in [0.25, 0.3) is 0 Å². The molecule has 1 aromatic carbocycles. The molecular formula is C10H10ClFO4. The van der Waals surface area contributed by atoms with Crippen molar-refractivity contribution in [2.75, 3.05) is 14.2 Å². The van der Waals surface area contributed by atoms with Crippen molar-refractivity contribution >= 4 is 17.6 Å². The Bertz CT molecular complexity index is 408. The van der Waals surface area contributed by atoms with Gasteiger partial charge in [-0.2, -0.15) is 0 Å². The Hall–Kier alpha value is -1.49. The second kappa shape index (κ2) is 5.03. The van der Waals surface area contributed by atoms with Gasteiger partial charge in [0, 0.05) is 11.6 Å². The predicted octanol–water partition coefficient (Wildman–Crippen LogP) is 2.24. The van der Waals surface area contributed by atoms with E-state index in [1.54, 1.807) is 0 Å². The van der Waals surface area contributed by atoms with Gasteiger partial charge in [-0.25, -0.2) is 9.18 Å². The lowest BCUT2D eigenvalue weighted by Crippen LogP contribution is -2.10. The third-order valence-corrected chi connectivity index (χ3v) is 2.31. The summed E-state index contributed by atoms with van der Waals surface area (Å²) in [5.41, 5.74) is -0.160. The van der Waals surface area contributed by atoms with Crippen molar-refractivity contribution in [2.45, 2.75) is 6.17 Å². The highest BCUT2D eigenvalue weighted by atomic mass is 35.5. The Balaban J connectivity index is 3.15. The zero-order chi connectivity index (χ0) is 12.3. The molecule has 1 atom stereocenters. The third kappa shape index (κ3) is 2.36. The summed E-state index contributed by atoms with van der Waals surface area (Å²) in [6.45, 7) is 0. The largest absolute Gasteiger partial charge is 0.504 e. The zero-order valence-electron chi connectivity index (χ0n) is 8.66. The first-order valence-electron chi connectivity index (χ1n) is 4.29. The third-order valence-electron chi connectivity index (χ3n) is 1.98. The number of halogens is 2. The van der Waals surface area contributed by atoms with E-state index in [-0.39, 0.29) is 22.1 Å². The van der Waals surface area contributed by atoms with E-state index in [0.717, 1.165) is 13.2 Å². The molecule has 0 spiro atoms. The van der Waals surface area contributed by atoms with Gasteiger partial charge < -0.3 is 14.6 Å². The van der Waals surface area contributed by atoms with Crippen molar-refractivity contribution in [3.05, 3.63) is 22.7 Å². The van der Waals surface area contributed by atoms with Crippen LogP contribution in [0.3, 0.4) is 0 Å². The van der Waals surface area contributed by atoms with Gasteiger partial charge in [-0.1, -0.05) is 11.6 Å². The van der Waals surface area contributed by atoms with Crippen molar-refractivity contribution in [3.8, 4) is 11.5 Å². The predicted molar refractivity (Wildman–Crippen MR) is 55.5 cm³/mol. The molecule has 0 bridgehead atoms. The lowest BCUT2D eigenvalue weighted by atomic mass is 10.1. The van der Waals surface area contributed by atoms with Gasteiger partial charge in [0.2, 0.25) is 6.17 Å². The minimum atomic E-state index is -2.03. The molecule has 1 unspecified atom stereocenters. The summed E-state index contributed by atoms with van der Waals surface area (Å²) in [5, 5.41) is 9.40. The molecule has 0 aliphatic rings. The first-order valence-corrected chi connectivity index (χ1v) is 4.67. The molecule has 4 nitrogen and oxygen atoms in total. The van der Waals surface area contributed by atoms with Gasteiger partial charge in [0.05, 0.1) is 19.2 Å². The first kappa shape index (κ1) is 12.6. The van der Waals surface area contributed by atoms with Crippen LogP contribution in [0.4, 0.5) is 4.39 Å². The fraction of sp³-hybridized carbons (Fsp3) is 0.300. The minimum absolute atomic E-state index is 0.0208. The van der Waals surface area contributed by atoms with E-state index < -0.39 is 12.1 Å². The number of ether oxygens (including phenoxy) is 2. The Morgan fingerprint density at radius 2 is 2.12 bits per heavy atom. The maximum absolute atomic E-state index is 13.5. The zero-order valence-corrected chi connectivity index (χ0v) is 9.42. The monoisotopic (exact) mass is 248 g/mol. The van der Waals surface area contributed by atoms with Crippen LogP contribution in [0.15, 0.2) is 12.1 Å². The number of methoxy groups -OCH3 is 2. The Kier molecular flexibility index (Phi) is 3.95. The molecular weight excluding hydrogens is 239 g/mol. The van der Waals surface area contributed by atoms with Gasteiger partial charge in [0.15, 0.2) is 11.5 Å². The number of phenolic OH excluding ortho intramolecular Hbond substituents is 1. The minimum Gasteiger partial charge on any atom is -0.504 e. The van der Waals surface area contributed by atoms with Gasteiger partial charge in [-0.05, 0) is 6.07 Å². The summed E-state index contributed by atoms with van der Waals surface area (Å²) in [7, 11) is 2.39. The van der Waals surface area contributed by atoms with E-state index in [1.807, 2.05) is 0 Å². The lowest BCUT2D eigenvalue weighted by Gasteiger charge is -2.11. The topological polar surface area (TPSA) is 55.8 Å². The molecule has 1 aromatic rings. The van der Waals surface area contributed by atoms with Gasteiger partial charge >= 0.3 is 5.97 Å². The molecule has 0 saturated carbocycles. The summed E-state index contributed by atoms with van der Waals surface area (Å²) in [4.78, 5) is 11.0. The van der Waals surface area contributed by atoms with E-state index in [4.69, 9.17) is 16.3 Å². The number of hydrogen-bond acceptors (Lipinski definition) is 4. The molecule has 1 N–H and O–H groups in total. The molecule has 0 aromatic heterocycles. The molecule has 1 rings (SSSR count). The Morgan fingerprint density at radius 3 is 2.62 bits per heavy atom. The molecule has 6 heteroatoms. The Morgan fingerprint density at radius 1 is 1.50 bits per heavy atom. The summed E-state index contributed by atoms with van der Waals surface area (Å²) in [5.74, 6) is -1.27. The average Bonchev–Trinajstić information content (AvgIpc) is 2.29. The fourth-order valence-corrected chi connectivity index (χ4v) is 1.40. The molecule has 0 aliphatic carbocycles. The number of carbonyl (C=O) groups is 1. The number of hydrogen-bond donors (Lipinski definition) is 1. The number of carbonyl (C=O) groups excluding carboxylic acids is 1. The quantitative estimate of drug-likeness (QED) is 0.834. The second-order valence-electron chi connectivity index (χ2n) is 2.93. The smallest absolute Gasteiger partial charge is 0.345 e. The van der Waals surface area contributed by atoms with Crippen molar-refractivity contribution in [1.82, 2.24) is 0 Å². The average molecular weight is 249 g/mol. The number of benzene rings is 1. The van der Waals surface area contributed by atoms with Gasteiger partial charge in [0.1, 0.15) is 0 Å². The number of alkyl halides is 1. The summed E-state index contributed by atoms with van der Waals surface area (Å²) >= 11 is 5.74. The SMILES string of the molecule is COC(=O)C(F)c1cc(O)c(OC)cc1Cl. The van der Waals surface area contributed by atoms with Crippen molar-refractivity contribution in [1.29, 1.82) is 0 Å². The van der Waals surface area contributed by atoms with Crippen molar-refractivity contribution in [2.24, 2.45) is 0 Å². The molecule has 0 saturated heterocycles. The van der Waals surface area contributed by atoms with E-state index in [1.165, 1.54) is 13.2 Å². The molecule has 0 radical (unpaired) electrons. The van der Waals surface area contributed by atoms with Crippen LogP contribution in [-0.4, -0.2) is 25.3 Å². The molecule has 0 amide bonds. The molecule has 16 heavy (non-hydrogen) atoms.